The molecule has 5 heteroatoms. The van der Waals surface area contributed by atoms with Crippen molar-refractivity contribution in [1.82, 2.24) is 4.90 Å². The van der Waals surface area contributed by atoms with E-state index in [9.17, 15) is 18.3 Å². The highest BCUT2D eigenvalue weighted by molar-refractivity contribution is 5.35. The van der Waals surface area contributed by atoms with Crippen LogP contribution in [-0.4, -0.2) is 35.3 Å². The zero-order valence-electron chi connectivity index (χ0n) is 11.7. The third kappa shape index (κ3) is 3.15. The summed E-state index contributed by atoms with van der Waals surface area (Å²) < 4.78 is 37.9. The maximum atomic E-state index is 12.6. The van der Waals surface area contributed by atoms with Gasteiger partial charge in [0, 0.05) is 6.04 Å². The molecule has 20 heavy (non-hydrogen) atoms. The van der Waals surface area contributed by atoms with Crippen molar-refractivity contribution in [1.29, 1.82) is 0 Å². The van der Waals surface area contributed by atoms with E-state index in [1.807, 2.05) is 31.2 Å². The number of rotatable bonds is 3. The Bertz CT molecular complexity index is 461. The molecule has 0 spiro atoms. The maximum Gasteiger partial charge on any atom is 0.401 e. The average Bonchev–Trinajstić information content (AvgIpc) is 2.39. The van der Waals surface area contributed by atoms with Gasteiger partial charge in [-0.2, -0.15) is 13.2 Å². The molecular formula is C15H20F3NO. The van der Waals surface area contributed by atoms with Crippen LogP contribution in [0.2, 0.25) is 0 Å². The van der Waals surface area contributed by atoms with Crippen molar-refractivity contribution in [3.05, 3.63) is 35.4 Å². The molecule has 1 aromatic rings. The van der Waals surface area contributed by atoms with Crippen LogP contribution in [0, 0.1) is 0 Å². The molecule has 0 aromatic heterocycles. The normalized spacial score (nSPS) is 26.6. The Balaban J connectivity index is 2.26. The maximum absolute atomic E-state index is 12.6. The lowest BCUT2D eigenvalue weighted by Crippen LogP contribution is -2.47. The summed E-state index contributed by atoms with van der Waals surface area (Å²) in [5.41, 5.74) is 1.80. The molecule has 112 valence electrons. The lowest BCUT2D eigenvalue weighted by molar-refractivity contribution is -0.156. The Hall–Kier alpha value is -1.07. The van der Waals surface area contributed by atoms with E-state index in [1.54, 1.807) is 6.92 Å². The van der Waals surface area contributed by atoms with Gasteiger partial charge >= 0.3 is 6.18 Å². The highest BCUT2D eigenvalue weighted by Crippen LogP contribution is 2.40. The van der Waals surface area contributed by atoms with Gasteiger partial charge < -0.3 is 5.11 Å². The topological polar surface area (TPSA) is 23.5 Å². The van der Waals surface area contributed by atoms with Gasteiger partial charge in [-0.1, -0.05) is 38.1 Å². The van der Waals surface area contributed by atoms with Gasteiger partial charge in [0.05, 0.1) is 12.6 Å². The van der Waals surface area contributed by atoms with Crippen LogP contribution in [0.1, 0.15) is 43.4 Å². The molecule has 0 fully saturated rings. The Morgan fingerprint density at radius 1 is 1.25 bits per heavy atom. The molecule has 0 saturated heterocycles. The monoisotopic (exact) mass is 287 g/mol. The number of fused-ring (bicyclic) bond motifs is 1. The molecule has 1 N–H and O–H groups in total. The lowest BCUT2D eigenvalue weighted by atomic mass is 9.78. The second-order valence-electron chi connectivity index (χ2n) is 5.46. The summed E-state index contributed by atoms with van der Waals surface area (Å²) in [4.78, 5) is 1.33. The molecule has 2 nitrogen and oxygen atoms in total. The molecule has 1 aliphatic rings. The standard InChI is InChI=1S/C15H20F3NO/c1-3-19(9-15(16,17)18)13-8-10(2)11-6-4-5-7-12(11)14(13)20/h4-7,10,13-14,20H,3,8-9H2,1-2H3. The van der Waals surface area contributed by atoms with Gasteiger partial charge in [0.25, 0.3) is 0 Å². The average molecular weight is 287 g/mol. The zero-order valence-corrected chi connectivity index (χ0v) is 11.7. The first-order chi connectivity index (χ1) is 9.33. The fraction of sp³-hybridized carbons (Fsp3) is 0.600. The molecule has 0 radical (unpaired) electrons. The summed E-state index contributed by atoms with van der Waals surface area (Å²) in [6.07, 6.45) is -4.55. The fourth-order valence-electron chi connectivity index (χ4n) is 3.10. The van der Waals surface area contributed by atoms with E-state index in [2.05, 4.69) is 0 Å². The van der Waals surface area contributed by atoms with Crippen LogP contribution in [0.3, 0.4) is 0 Å². The Morgan fingerprint density at radius 2 is 1.85 bits per heavy atom. The molecular weight excluding hydrogens is 267 g/mol. The highest BCUT2D eigenvalue weighted by atomic mass is 19.4. The third-order valence-electron chi connectivity index (χ3n) is 4.06. The SMILES string of the molecule is CCN(CC(F)(F)F)C1CC(C)c2ccccc2C1O. The molecule has 0 aliphatic heterocycles. The van der Waals surface area contributed by atoms with Crippen LogP contribution in [-0.2, 0) is 0 Å². The van der Waals surface area contributed by atoms with Crippen molar-refractivity contribution < 1.29 is 18.3 Å². The number of hydrogen-bond acceptors (Lipinski definition) is 2. The second-order valence-corrected chi connectivity index (χ2v) is 5.46. The molecule has 0 heterocycles. The first-order valence-corrected chi connectivity index (χ1v) is 6.91. The van der Waals surface area contributed by atoms with Crippen molar-refractivity contribution in [2.24, 2.45) is 0 Å². The number of benzene rings is 1. The smallest absolute Gasteiger partial charge is 0.387 e. The number of alkyl halides is 3. The first-order valence-electron chi connectivity index (χ1n) is 6.91. The van der Waals surface area contributed by atoms with Crippen LogP contribution < -0.4 is 0 Å². The molecule has 0 bridgehead atoms. The molecule has 2 rings (SSSR count). The molecule has 3 atom stereocenters. The van der Waals surface area contributed by atoms with Crippen LogP contribution in [0.15, 0.2) is 24.3 Å². The number of hydrogen-bond donors (Lipinski definition) is 1. The molecule has 3 unspecified atom stereocenters. The Kier molecular flexibility index (Phi) is 4.39. The highest BCUT2D eigenvalue weighted by Gasteiger charge is 2.39. The quantitative estimate of drug-likeness (QED) is 0.920. The molecule has 0 saturated carbocycles. The number of likely N-dealkylation sites (N-methyl/N-ethyl adjacent to an activating group) is 1. The van der Waals surface area contributed by atoms with E-state index >= 15 is 0 Å². The first kappa shape index (κ1) is 15.3. The van der Waals surface area contributed by atoms with E-state index in [0.717, 1.165) is 11.1 Å². The predicted molar refractivity (Wildman–Crippen MR) is 71.5 cm³/mol. The summed E-state index contributed by atoms with van der Waals surface area (Å²) in [6, 6.07) is 6.99. The van der Waals surface area contributed by atoms with Crippen molar-refractivity contribution in [2.75, 3.05) is 13.1 Å². The van der Waals surface area contributed by atoms with E-state index in [0.29, 0.717) is 6.42 Å². The predicted octanol–water partition coefficient (Wildman–Crippen LogP) is 3.48. The van der Waals surface area contributed by atoms with Crippen molar-refractivity contribution in [3.63, 3.8) is 0 Å². The van der Waals surface area contributed by atoms with E-state index < -0.39 is 24.9 Å². The molecule has 1 aromatic carbocycles. The largest absolute Gasteiger partial charge is 0.401 e. The van der Waals surface area contributed by atoms with Gasteiger partial charge in [-0.05, 0) is 30.0 Å². The number of aliphatic hydroxyl groups is 1. The summed E-state index contributed by atoms with van der Waals surface area (Å²) in [5.74, 6) is 0.155. The van der Waals surface area contributed by atoms with E-state index in [4.69, 9.17) is 0 Å². The number of halogens is 3. The summed E-state index contributed by atoms with van der Waals surface area (Å²) in [5, 5.41) is 10.4. The number of nitrogens with zero attached hydrogens (tertiary/aromatic N) is 1. The van der Waals surface area contributed by atoms with Gasteiger partial charge in [0.15, 0.2) is 0 Å². The van der Waals surface area contributed by atoms with Gasteiger partial charge in [-0.25, -0.2) is 0 Å². The lowest BCUT2D eigenvalue weighted by Gasteiger charge is -2.40. The molecule has 1 aliphatic carbocycles. The minimum absolute atomic E-state index is 0.155. The van der Waals surface area contributed by atoms with E-state index in [1.165, 1.54) is 4.90 Å². The van der Waals surface area contributed by atoms with Crippen molar-refractivity contribution in [3.8, 4) is 0 Å². The third-order valence-corrected chi connectivity index (χ3v) is 4.06. The van der Waals surface area contributed by atoms with Crippen LogP contribution in [0.25, 0.3) is 0 Å². The van der Waals surface area contributed by atoms with Crippen molar-refractivity contribution >= 4 is 0 Å². The minimum Gasteiger partial charge on any atom is -0.387 e. The zero-order chi connectivity index (χ0) is 14.9. The summed E-state index contributed by atoms with van der Waals surface area (Å²) >= 11 is 0. The number of aliphatic hydroxyl groups excluding tert-OH is 1. The van der Waals surface area contributed by atoms with E-state index in [-0.39, 0.29) is 12.5 Å². The van der Waals surface area contributed by atoms with Gasteiger partial charge in [-0.3, -0.25) is 4.90 Å². The summed E-state index contributed by atoms with van der Waals surface area (Å²) in [6.45, 7) is 3.00. The fourth-order valence-corrected chi connectivity index (χ4v) is 3.10. The minimum atomic E-state index is -4.24. The second kappa shape index (κ2) is 5.74. The summed E-state index contributed by atoms with van der Waals surface area (Å²) in [7, 11) is 0. The van der Waals surface area contributed by atoms with Crippen LogP contribution in [0.5, 0.6) is 0 Å². The van der Waals surface area contributed by atoms with Gasteiger partial charge in [-0.15, -0.1) is 0 Å². The van der Waals surface area contributed by atoms with Crippen LogP contribution >= 0.6 is 0 Å². The Morgan fingerprint density at radius 3 is 2.40 bits per heavy atom. The van der Waals surface area contributed by atoms with Gasteiger partial charge in [0.2, 0.25) is 0 Å². The molecule has 0 amide bonds. The van der Waals surface area contributed by atoms with Gasteiger partial charge in [0.1, 0.15) is 0 Å². The van der Waals surface area contributed by atoms with Crippen molar-refractivity contribution in [2.45, 2.75) is 44.5 Å². The van der Waals surface area contributed by atoms with Crippen LogP contribution in [0.4, 0.5) is 13.2 Å². The Labute approximate surface area is 117 Å².